The number of pyridine rings is 1. The fraction of sp³-hybridized carbons (Fsp3) is 0.321. The first-order valence-electron chi connectivity index (χ1n) is 12.4. The molecule has 2 aliphatic rings. The molecule has 1 aromatic carbocycles. The van der Waals surface area contributed by atoms with Crippen LogP contribution in [0.25, 0.3) is 21.3 Å². The number of hydrogen-bond donors (Lipinski definition) is 2. The molecule has 1 amide bonds. The standard InChI is InChI=1S/C28H27N3O3S2/c1-3-34-28(33)22-21-17-7-5-4-6-15(17)9-11-20(21)35-27(22)31-25(32)24-23(29)18-13-16-12-14(2)8-10-19(16)30-26(18)36-24/h4-7,13-14H,3,8-12,29H2,1-2H3,(H,31,32). The molecule has 184 valence electrons. The highest BCUT2D eigenvalue weighted by Crippen LogP contribution is 2.46. The second-order valence-corrected chi connectivity index (χ2v) is 11.7. The number of anilines is 2. The number of nitrogens with zero attached hydrogens (tertiary/aromatic N) is 1. The van der Waals surface area contributed by atoms with E-state index in [0.717, 1.165) is 64.0 Å². The first-order valence-corrected chi connectivity index (χ1v) is 14.0. The second-order valence-electron chi connectivity index (χ2n) is 9.58. The van der Waals surface area contributed by atoms with Crippen molar-refractivity contribution in [1.29, 1.82) is 0 Å². The molecule has 36 heavy (non-hydrogen) atoms. The molecular formula is C28H27N3O3S2. The van der Waals surface area contributed by atoms with Gasteiger partial charge in [-0.3, -0.25) is 4.79 Å². The van der Waals surface area contributed by atoms with Crippen molar-refractivity contribution in [2.45, 2.75) is 46.0 Å². The number of benzene rings is 1. The summed E-state index contributed by atoms with van der Waals surface area (Å²) in [6.45, 7) is 4.30. The second kappa shape index (κ2) is 9.01. The topological polar surface area (TPSA) is 94.3 Å². The molecule has 8 heteroatoms. The summed E-state index contributed by atoms with van der Waals surface area (Å²) in [7, 11) is 0. The van der Waals surface area contributed by atoms with Gasteiger partial charge in [-0.05, 0) is 67.7 Å². The predicted molar refractivity (Wildman–Crippen MR) is 146 cm³/mol. The van der Waals surface area contributed by atoms with Crippen molar-refractivity contribution >= 4 is 55.5 Å². The van der Waals surface area contributed by atoms with E-state index in [1.54, 1.807) is 6.92 Å². The molecule has 6 nitrogen and oxygen atoms in total. The largest absolute Gasteiger partial charge is 0.462 e. The summed E-state index contributed by atoms with van der Waals surface area (Å²) in [5, 5.41) is 4.36. The minimum Gasteiger partial charge on any atom is -0.462 e. The highest BCUT2D eigenvalue weighted by atomic mass is 32.1. The van der Waals surface area contributed by atoms with Crippen molar-refractivity contribution < 1.29 is 14.3 Å². The predicted octanol–water partition coefficient (Wildman–Crippen LogP) is 6.26. The van der Waals surface area contributed by atoms with Crippen LogP contribution in [0.4, 0.5) is 10.7 Å². The lowest BCUT2D eigenvalue weighted by atomic mass is 9.87. The number of aryl methyl sites for hydroxylation is 3. The molecule has 3 aromatic heterocycles. The number of fused-ring (bicyclic) bond motifs is 5. The molecule has 0 bridgehead atoms. The van der Waals surface area contributed by atoms with E-state index in [1.165, 1.54) is 33.8 Å². The van der Waals surface area contributed by atoms with Crippen LogP contribution in [0.1, 0.15) is 62.0 Å². The van der Waals surface area contributed by atoms with Crippen LogP contribution >= 0.6 is 22.7 Å². The number of hydrogen-bond acceptors (Lipinski definition) is 7. The number of nitrogens with two attached hydrogens (primary N) is 1. The number of aromatic nitrogens is 1. The highest BCUT2D eigenvalue weighted by molar-refractivity contribution is 7.21. The van der Waals surface area contributed by atoms with Gasteiger partial charge in [0.15, 0.2) is 0 Å². The van der Waals surface area contributed by atoms with Crippen molar-refractivity contribution in [2.24, 2.45) is 5.92 Å². The molecule has 2 aliphatic carbocycles. The van der Waals surface area contributed by atoms with E-state index in [1.807, 2.05) is 18.2 Å². The highest BCUT2D eigenvalue weighted by Gasteiger charge is 2.31. The number of thiophene rings is 2. The maximum atomic E-state index is 13.5. The van der Waals surface area contributed by atoms with Crippen molar-refractivity contribution in [1.82, 2.24) is 4.98 Å². The Morgan fingerprint density at radius 2 is 2.00 bits per heavy atom. The summed E-state index contributed by atoms with van der Waals surface area (Å²) >= 11 is 2.76. The third-order valence-corrected chi connectivity index (χ3v) is 9.41. The molecule has 4 aromatic rings. The number of ether oxygens (including phenoxy) is 1. The molecular weight excluding hydrogens is 490 g/mol. The van der Waals surface area contributed by atoms with Gasteiger partial charge < -0.3 is 15.8 Å². The Bertz CT molecular complexity index is 1530. The van der Waals surface area contributed by atoms with Gasteiger partial charge in [0, 0.05) is 21.5 Å². The first-order chi connectivity index (χ1) is 17.4. The van der Waals surface area contributed by atoms with Crippen molar-refractivity contribution in [2.75, 3.05) is 17.7 Å². The third kappa shape index (κ3) is 3.79. The Labute approximate surface area is 217 Å². The Kier molecular flexibility index (Phi) is 5.80. The molecule has 3 heterocycles. The summed E-state index contributed by atoms with van der Waals surface area (Å²) in [4.78, 5) is 33.8. The van der Waals surface area contributed by atoms with Gasteiger partial charge in [-0.15, -0.1) is 22.7 Å². The van der Waals surface area contributed by atoms with Gasteiger partial charge in [0.2, 0.25) is 0 Å². The van der Waals surface area contributed by atoms with Crippen LogP contribution in [0, 0.1) is 5.92 Å². The Morgan fingerprint density at radius 3 is 2.83 bits per heavy atom. The SMILES string of the molecule is CCOC(=O)c1c(NC(=O)c2sc3nc4c(cc3c2N)CC(C)CC4)sc2c1-c1ccccc1CC2. The number of amides is 1. The summed E-state index contributed by atoms with van der Waals surface area (Å²) in [6, 6.07) is 10.2. The minimum absolute atomic E-state index is 0.261. The molecule has 1 atom stereocenters. The van der Waals surface area contributed by atoms with Crippen LogP contribution in [0.5, 0.6) is 0 Å². The lowest BCUT2D eigenvalue weighted by molar-refractivity contribution is 0.0529. The lowest BCUT2D eigenvalue weighted by Crippen LogP contribution is -2.15. The van der Waals surface area contributed by atoms with Gasteiger partial charge in [0.05, 0.1) is 12.3 Å². The van der Waals surface area contributed by atoms with Gasteiger partial charge in [0.1, 0.15) is 20.3 Å². The van der Waals surface area contributed by atoms with E-state index >= 15 is 0 Å². The third-order valence-electron chi connectivity index (χ3n) is 7.13. The van der Waals surface area contributed by atoms with E-state index in [2.05, 4.69) is 24.4 Å². The van der Waals surface area contributed by atoms with Gasteiger partial charge in [-0.2, -0.15) is 0 Å². The van der Waals surface area contributed by atoms with Crippen LogP contribution in [-0.4, -0.2) is 23.5 Å². The molecule has 0 radical (unpaired) electrons. The average molecular weight is 518 g/mol. The summed E-state index contributed by atoms with van der Waals surface area (Å²) < 4.78 is 5.42. The number of esters is 1. The molecule has 0 fully saturated rings. The van der Waals surface area contributed by atoms with Crippen LogP contribution < -0.4 is 11.1 Å². The summed E-state index contributed by atoms with van der Waals surface area (Å²) in [5.41, 5.74) is 12.8. The zero-order valence-electron chi connectivity index (χ0n) is 20.3. The molecule has 0 saturated carbocycles. The first kappa shape index (κ1) is 23.2. The van der Waals surface area contributed by atoms with E-state index in [-0.39, 0.29) is 12.5 Å². The molecule has 6 rings (SSSR count). The van der Waals surface area contributed by atoms with E-state index in [4.69, 9.17) is 15.5 Å². The maximum absolute atomic E-state index is 13.5. The zero-order chi connectivity index (χ0) is 25.0. The van der Waals surface area contributed by atoms with Crippen LogP contribution in [0.3, 0.4) is 0 Å². The zero-order valence-corrected chi connectivity index (χ0v) is 21.9. The fourth-order valence-corrected chi connectivity index (χ4v) is 7.54. The van der Waals surface area contributed by atoms with E-state index < -0.39 is 5.97 Å². The Balaban J connectivity index is 1.40. The van der Waals surface area contributed by atoms with Crippen molar-refractivity contribution in [3.63, 3.8) is 0 Å². The van der Waals surface area contributed by atoms with Crippen molar-refractivity contribution in [3.8, 4) is 11.1 Å². The number of rotatable bonds is 4. The molecule has 1 unspecified atom stereocenters. The molecule has 0 aliphatic heterocycles. The molecule has 3 N–H and O–H groups in total. The number of nitrogens with one attached hydrogen (secondary N) is 1. The smallest absolute Gasteiger partial charge is 0.341 e. The van der Waals surface area contributed by atoms with Gasteiger partial charge >= 0.3 is 5.97 Å². The number of carbonyl (C=O) groups is 2. The summed E-state index contributed by atoms with van der Waals surface area (Å²) in [6.07, 6.45) is 4.79. The average Bonchev–Trinajstić information content (AvgIpc) is 3.40. The monoisotopic (exact) mass is 517 g/mol. The quantitative estimate of drug-likeness (QED) is 0.312. The fourth-order valence-electron chi connectivity index (χ4n) is 5.36. The lowest BCUT2D eigenvalue weighted by Gasteiger charge is -2.20. The molecule has 0 saturated heterocycles. The van der Waals surface area contributed by atoms with Crippen LogP contribution in [-0.2, 0) is 30.4 Å². The minimum atomic E-state index is -0.422. The van der Waals surface area contributed by atoms with Gasteiger partial charge in [-0.1, -0.05) is 31.2 Å². The number of carbonyl (C=O) groups excluding carboxylic acids is 2. The Hall–Kier alpha value is -3.23. The van der Waals surface area contributed by atoms with E-state index in [0.29, 0.717) is 27.0 Å². The Morgan fingerprint density at radius 1 is 1.17 bits per heavy atom. The van der Waals surface area contributed by atoms with Crippen LogP contribution in [0.15, 0.2) is 30.3 Å². The summed E-state index contributed by atoms with van der Waals surface area (Å²) in [5.74, 6) is -0.121. The molecule has 0 spiro atoms. The van der Waals surface area contributed by atoms with Gasteiger partial charge in [-0.25, -0.2) is 9.78 Å². The normalized spacial score (nSPS) is 16.2. The number of nitrogen functional groups attached to an aromatic ring is 1. The van der Waals surface area contributed by atoms with Crippen LogP contribution in [0.2, 0.25) is 0 Å². The van der Waals surface area contributed by atoms with Crippen molar-refractivity contribution in [3.05, 3.63) is 62.5 Å². The van der Waals surface area contributed by atoms with Gasteiger partial charge in [0.25, 0.3) is 5.91 Å². The van der Waals surface area contributed by atoms with E-state index in [9.17, 15) is 9.59 Å². The maximum Gasteiger partial charge on any atom is 0.341 e.